The smallest absolute Gasteiger partial charge is 0.438 e. The van der Waals surface area contributed by atoms with Crippen LogP contribution in [0.3, 0.4) is 0 Å². The third kappa shape index (κ3) is 8.79. The van der Waals surface area contributed by atoms with Gasteiger partial charge in [0.25, 0.3) is 0 Å². The molecule has 0 aromatic heterocycles. The van der Waals surface area contributed by atoms with E-state index in [0.29, 0.717) is 0 Å². The molecular weight excluding hydrogens is 480 g/mol. The third-order valence-electron chi connectivity index (χ3n) is 4.57. The molecule has 34 heavy (non-hydrogen) atoms. The fourth-order valence-electron chi connectivity index (χ4n) is 2.68. The van der Waals surface area contributed by atoms with Crippen molar-refractivity contribution in [2.75, 3.05) is 20.2 Å². The van der Waals surface area contributed by atoms with E-state index in [1.165, 1.54) is 24.3 Å². The van der Waals surface area contributed by atoms with Crippen LogP contribution in [-0.2, 0) is 29.5 Å². The van der Waals surface area contributed by atoms with Crippen LogP contribution in [0, 0.1) is 25.7 Å². The summed E-state index contributed by atoms with van der Waals surface area (Å²) in [6.45, 7) is 3.73. The summed E-state index contributed by atoms with van der Waals surface area (Å²) in [7, 11) is -6.24. The molecule has 0 fully saturated rings. The van der Waals surface area contributed by atoms with Crippen molar-refractivity contribution >= 4 is 26.2 Å². The fraction of sp³-hybridized carbons (Fsp3) is 0.348. The number of carbonyl (C=O) groups excluding carboxylic acids is 1. The zero-order valence-corrected chi connectivity index (χ0v) is 20.8. The van der Waals surface area contributed by atoms with Crippen LogP contribution in [0.15, 0.2) is 58.3 Å². The van der Waals surface area contributed by atoms with Crippen molar-refractivity contribution in [1.29, 1.82) is 0 Å². The highest BCUT2D eigenvalue weighted by Gasteiger charge is 2.17. The summed E-state index contributed by atoms with van der Waals surface area (Å²) in [5.41, 5.74) is 1.88. The summed E-state index contributed by atoms with van der Waals surface area (Å²) < 4.78 is 63.8. The van der Waals surface area contributed by atoms with Crippen LogP contribution in [0.25, 0.3) is 0 Å². The van der Waals surface area contributed by atoms with Gasteiger partial charge in [-0.15, -0.1) is 0 Å². The molecule has 11 heteroatoms. The van der Waals surface area contributed by atoms with Crippen LogP contribution < -0.4 is 9.44 Å². The lowest BCUT2D eigenvalue weighted by atomic mass is 10.2. The first kappa shape index (κ1) is 27.3. The third-order valence-corrected chi connectivity index (χ3v) is 7.53. The second-order valence-electron chi connectivity index (χ2n) is 7.34. The van der Waals surface area contributed by atoms with Crippen LogP contribution in [0.4, 0.5) is 4.79 Å². The average Bonchev–Trinajstić information content (AvgIpc) is 2.79. The molecule has 0 spiro atoms. The predicted molar refractivity (Wildman–Crippen MR) is 127 cm³/mol. The van der Waals surface area contributed by atoms with E-state index in [4.69, 9.17) is 4.74 Å². The Kier molecular flexibility index (Phi) is 10.1. The van der Waals surface area contributed by atoms with Crippen molar-refractivity contribution in [2.45, 2.75) is 42.6 Å². The van der Waals surface area contributed by atoms with Gasteiger partial charge in [0.2, 0.25) is 20.0 Å². The van der Waals surface area contributed by atoms with E-state index in [0.717, 1.165) is 18.2 Å². The van der Waals surface area contributed by atoms with Crippen molar-refractivity contribution in [3.8, 4) is 11.8 Å². The highest BCUT2D eigenvalue weighted by atomic mass is 32.2. The Bertz CT molecular complexity index is 1230. The summed E-state index contributed by atoms with van der Waals surface area (Å²) in [6.07, 6.45) is -1.67. The summed E-state index contributed by atoms with van der Waals surface area (Å²) in [4.78, 5) is 11.8. The number of benzene rings is 2. The second-order valence-corrected chi connectivity index (χ2v) is 10.9. The average molecular weight is 509 g/mol. The quantitative estimate of drug-likeness (QED) is 0.287. The number of rotatable bonds is 10. The molecular formula is C23H28N2O7S2. The number of hydrogen-bond acceptors (Lipinski definition) is 7. The molecule has 0 heterocycles. The highest BCUT2D eigenvalue weighted by Crippen LogP contribution is 2.11. The SMILES string of the molecule is COC(=O)OC(C#CCCNS(=O)(=O)c1ccc(C)cc1)CCNS(=O)(=O)c1ccc(C)cc1. The van der Waals surface area contributed by atoms with Crippen LogP contribution >= 0.6 is 0 Å². The molecule has 2 aromatic carbocycles. The summed E-state index contributed by atoms with van der Waals surface area (Å²) in [6, 6.07) is 12.8. The van der Waals surface area contributed by atoms with E-state index in [1.54, 1.807) is 24.3 Å². The van der Waals surface area contributed by atoms with E-state index >= 15 is 0 Å². The highest BCUT2D eigenvalue weighted by molar-refractivity contribution is 7.89. The van der Waals surface area contributed by atoms with Crippen molar-refractivity contribution in [3.05, 3.63) is 59.7 Å². The van der Waals surface area contributed by atoms with Gasteiger partial charge in [0, 0.05) is 25.9 Å². The molecule has 0 bridgehead atoms. The maximum atomic E-state index is 12.4. The lowest BCUT2D eigenvalue weighted by Crippen LogP contribution is -2.28. The van der Waals surface area contributed by atoms with Crippen LogP contribution in [0.5, 0.6) is 0 Å². The molecule has 0 saturated carbocycles. The van der Waals surface area contributed by atoms with Crippen molar-refractivity contribution in [1.82, 2.24) is 9.44 Å². The Hall–Kier alpha value is -2.91. The zero-order chi connectivity index (χ0) is 25.2. The molecule has 0 aliphatic carbocycles. The molecule has 0 amide bonds. The van der Waals surface area contributed by atoms with E-state index in [-0.39, 0.29) is 35.7 Å². The lowest BCUT2D eigenvalue weighted by Gasteiger charge is -2.12. The Balaban J connectivity index is 1.91. The summed E-state index contributed by atoms with van der Waals surface area (Å²) in [5.74, 6) is 5.46. The summed E-state index contributed by atoms with van der Waals surface area (Å²) >= 11 is 0. The largest absolute Gasteiger partial charge is 0.509 e. The maximum absolute atomic E-state index is 12.4. The number of nitrogens with one attached hydrogen (secondary N) is 2. The number of hydrogen-bond donors (Lipinski definition) is 2. The Morgan fingerprint density at radius 2 is 1.32 bits per heavy atom. The molecule has 184 valence electrons. The molecule has 0 aliphatic rings. The molecule has 2 rings (SSSR count). The number of sulfonamides is 2. The van der Waals surface area contributed by atoms with Crippen molar-refractivity contribution in [3.63, 3.8) is 0 Å². The second kappa shape index (κ2) is 12.5. The number of ether oxygens (including phenoxy) is 2. The number of methoxy groups -OCH3 is 1. The van der Waals surface area contributed by atoms with Gasteiger partial charge < -0.3 is 9.47 Å². The minimum Gasteiger partial charge on any atom is -0.438 e. The van der Waals surface area contributed by atoms with Crippen LogP contribution in [0.1, 0.15) is 24.0 Å². The van der Waals surface area contributed by atoms with Gasteiger partial charge in [0.15, 0.2) is 6.10 Å². The van der Waals surface area contributed by atoms with Gasteiger partial charge in [0.05, 0.1) is 16.9 Å². The Morgan fingerprint density at radius 1 is 0.853 bits per heavy atom. The molecule has 0 aliphatic heterocycles. The lowest BCUT2D eigenvalue weighted by molar-refractivity contribution is 0.0533. The van der Waals surface area contributed by atoms with Crippen LogP contribution in [-0.4, -0.2) is 49.3 Å². The topological polar surface area (TPSA) is 128 Å². The van der Waals surface area contributed by atoms with E-state index < -0.39 is 32.3 Å². The summed E-state index contributed by atoms with van der Waals surface area (Å²) in [5, 5.41) is 0. The molecule has 1 unspecified atom stereocenters. The monoisotopic (exact) mass is 508 g/mol. The molecule has 2 N–H and O–H groups in total. The molecule has 9 nitrogen and oxygen atoms in total. The van der Waals surface area contributed by atoms with Crippen molar-refractivity contribution in [2.24, 2.45) is 0 Å². The molecule has 0 radical (unpaired) electrons. The first-order valence-corrected chi connectivity index (χ1v) is 13.4. The number of aryl methyl sites for hydroxylation is 2. The Morgan fingerprint density at radius 3 is 1.79 bits per heavy atom. The predicted octanol–water partition coefficient (Wildman–Crippen LogP) is 2.50. The van der Waals surface area contributed by atoms with Gasteiger partial charge in [-0.1, -0.05) is 47.2 Å². The first-order chi connectivity index (χ1) is 16.0. The maximum Gasteiger partial charge on any atom is 0.509 e. The molecule has 1 atom stereocenters. The van der Waals surface area contributed by atoms with Gasteiger partial charge >= 0.3 is 6.16 Å². The van der Waals surface area contributed by atoms with E-state index in [9.17, 15) is 21.6 Å². The minimum absolute atomic E-state index is 0.0351. The minimum atomic E-state index is -3.73. The van der Waals surface area contributed by atoms with Gasteiger partial charge in [0.1, 0.15) is 0 Å². The zero-order valence-electron chi connectivity index (χ0n) is 19.2. The Labute approximate surface area is 201 Å². The molecule has 0 saturated heterocycles. The van der Waals surface area contributed by atoms with Gasteiger partial charge in [-0.3, -0.25) is 0 Å². The van der Waals surface area contributed by atoms with E-state index in [1.807, 2.05) is 13.8 Å². The number of carbonyl (C=O) groups is 1. The van der Waals surface area contributed by atoms with E-state index in [2.05, 4.69) is 26.0 Å². The van der Waals surface area contributed by atoms with Crippen molar-refractivity contribution < 1.29 is 31.1 Å². The normalized spacial score (nSPS) is 12.3. The first-order valence-electron chi connectivity index (χ1n) is 10.4. The van der Waals surface area contributed by atoms with Gasteiger partial charge in [-0.25, -0.2) is 31.1 Å². The van der Waals surface area contributed by atoms with Gasteiger partial charge in [-0.05, 0) is 38.1 Å². The standard InChI is InChI=1S/C23H28N2O7S2/c1-18-7-11-21(12-8-18)33(27,28)24-16-5-4-6-20(32-23(26)31-3)15-17-25-34(29,30)22-13-9-19(2)10-14-22/h7-14,20,24-25H,5,15-17H2,1-3H3. The molecule has 2 aromatic rings. The fourth-order valence-corrected chi connectivity index (χ4v) is 4.76. The van der Waals surface area contributed by atoms with Crippen LogP contribution in [0.2, 0.25) is 0 Å². The van der Waals surface area contributed by atoms with Gasteiger partial charge in [-0.2, -0.15) is 0 Å².